The molecule has 10 heteroatoms. The molecular weight excluding hydrogens is 385 g/mol. The molecule has 1 aliphatic rings. The van der Waals surface area contributed by atoms with Gasteiger partial charge in [-0.15, -0.1) is 0 Å². The molecule has 1 aromatic rings. The minimum absolute atomic E-state index is 0.0422. The highest BCUT2D eigenvalue weighted by Crippen LogP contribution is 2.39. The van der Waals surface area contributed by atoms with Crippen LogP contribution in [0.1, 0.15) is 12.0 Å². The number of halogens is 6. The van der Waals surface area contributed by atoms with E-state index < -0.39 is 52.1 Å². The van der Waals surface area contributed by atoms with Crippen molar-refractivity contribution in [2.24, 2.45) is 0 Å². The number of hydrogen-bond acceptors (Lipinski definition) is 2. The second-order valence-electron chi connectivity index (χ2n) is 4.58. The Morgan fingerprint density at radius 3 is 2.33 bits per heavy atom. The fraction of sp³-hybridized carbons (Fsp3) is 0.455. The zero-order valence-electron chi connectivity index (χ0n) is 10.3. The van der Waals surface area contributed by atoms with Crippen LogP contribution in [0.3, 0.4) is 0 Å². The van der Waals surface area contributed by atoms with E-state index in [0.29, 0.717) is 10.4 Å². The predicted molar refractivity (Wildman–Crippen MR) is 67.5 cm³/mol. The topological polar surface area (TPSA) is 37.4 Å². The zero-order chi connectivity index (χ0) is 16.1. The highest BCUT2D eigenvalue weighted by molar-refractivity contribution is 9.10. The average molecular weight is 394 g/mol. The number of benzene rings is 1. The molecule has 0 radical (unpaired) electrons. The Morgan fingerprint density at radius 2 is 1.86 bits per heavy atom. The summed E-state index contributed by atoms with van der Waals surface area (Å²) in [4.78, 5) is -1.02. The molecule has 0 saturated carbocycles. The third-order valence-electron chi connectivity index (χ3n) is 3.00. The summed E-state index contributed by atoms with van der Waals surface area (Å²) in [6.07, 6.45) is -5.61. The molecule has 2 rings (SSSR count). The van der Waals surface area contributed by atoms with E-state index in [1.807, 2.05) is 0 Å². The molecule has 1 fully saturated rings. The van der Waals surface area contributed by atoms with Crippen LogP contribution in [0.4, 0.5) is 22.0 Å². The maximum absolute atomic E-state index is 13.1. The highest BCUT2D eigenvalue weighted by Gasteiger charge is 2.46. The number of rotatable bonds is 2. The number of hydrogen-bond donors (Lipinski definition) is 0. The van der Waals surface area contributed by atoms with Crippen molar-refractivity contribution in [1.82, 2.24) is 4.31 Å². The minimum Gasteiger partial charge on any atom is -0.207 e. The lowest BCUT2D eigenvalue weighted by Gasteiger charge is -2.19. The first kappa shape index (κ1) is 16.6. The van der Waals surface area contributed by atoms with Crippen LogP contribution in [0, 0.1) is 0 Å². The van der Waals surface area contributed by atoms with Gasteiger partial charge in [0, 0.05) is 17.4 Å². The number of sulfonamides is 1. The van der Waals surface area contributed by atoms with Crippen LogP contribution in [-0.2, 0) is 16.2 Å². The van der Waals surface area contributed by atoms with Gasteiger partial charge in [-0.2, -0.15) is 17.5 Å². The van der Waals surface area contributed by atoms with Gasteiger partial charge in [0.25, 0.3) is 5.92 Å². The van der Waals surface area contributed by atoms with Crippen molar-refractivity contribution in [3.8, 4) is 0 Å². The lowest BCUT2D eigenvalue weighted by atomic mass is 10.2. The Hall–Kier alpha value is -0.740. The summed E-state index contributed by atoms with van der Waals surface area (Å²) in [5, 5.41) is 0. The first-order chi connectivity index (χ1) is 9.43. The summed E-state index contributed by atoms with van der Waals surface area (Å²) in [6.45, 7) is -1.62. The SMILES string of the molecule is O=S(=O)(c1ccc(Br)cc1C(F)(F)F)N1CCC(F)(F)C1. The van der Waals surface area contributed by atoms with Crippen molar-refractivity contribution in [2.75, 3.05) is 13.1 Å². The largest absolute Gasteiger partial charge is 0.417 e. The quantitative estimate of drug-likeness (QED) is 0.721. The van der Waals surface area contributed by atoms with Crippen LogP contribution < -0.4 is 0 Å². The van der Waals surface area contributed by atoms with Gasteiger partial charge < -0.3 is 0 Å². The van der Waals surface area contributed by atoms with E-state index in [1.54, 1.807) is 0 Å². The Morgan fingerprint density at radius 1 is 1.24 bits per heavy atom. The van der Waals surface area contributed by atoms with Gasteiger partial charge in [0.05, 0.1) is 17.0 Å². The van der Waals surface area contributed by atoms with Crippen LogP contribution in [0.15, 0.2) is 27.6 Å². The first-order valence-corrected chi connectivity index (χ1v) is 7.91. The maximum Gasteiger partial charge on any atom is 0.417 e. The third kappa shape index (κ3) is 3.37. The zero-order valence-corrected chi connectivity index (χ0v) is 12.7. The molecule has 118 valence electrons. The van der Waals surface area contributed by atoms with Gasteiger partial charge in [-0.05, 0) is 18.2 Å². The summed E-state index contributed by atoms with van der Waals surface area (Å²) in [6, 6.07) is 2.50. The van der Waals surface area contributed by atoms with Gasteiger partial charge in [0.2, 0.25) is 10.0 Å². The van der Waals surface area contributed by atoms with Gasteiger partial charge in [0.1, 0.15) is 0 Å². The molecule has 1 aliphatic heterocycles. The van der Waals surface area contributed by atoms with Crippen molar-refractivity contribution in [3.05, 3.63) is 28.2 Å². The maximum atomic E-state index is 13.1. The molecule has 0 spiro atoms. The Balaban J connectivity index is 2.51. The molecule has 0 bridgehead atoms. The molecule has 3 nitrogen and oxygen atoms in total. The third-order valence-corrected chi connectivity index (χ3v) is 5.40. The smallest absolute Gasteiger partial charge is 0.207 e. The molecule has 1 aromatic carbocycles. The second-order valence-corrected chi connectivity index (χ2v) is 7.40. The normalized spacial score (nSPS) is 19.9. The van der Waals surface area contributed by atoms with Gasteiger partial charge in [-0.3, -0.25) is 0 Å². The van der Waals surface area contributed by atoms with Crippen molar-refractivity contribution < 1.29 is 30.4 Å². The number of alkyl halides is 5. The molecule has 21 heavy (non-hydrogen) atoms. The van der Waals surface area contributed by atoms with E-state index in [1.165, 1.54) is 0 Å². The Labute approximate surface area is 125 Å². The van der Waals surface area contributed by atoms with Gasteiger partial charge in [0.15, 0.2) is 0 Å². The van der Waals surface area contributed by atoms with Crippen LogP contribution in [0.2, 0.25) is 0 Å². The molecule has 0 unspecified atom stereocenters. The predicted octanol–water partition coefficient (Wildman–Crippen LogP) is 3.50. The average Bonchev–Trinajstić information content (AvgIpc) is 2.69. The molecule has 0 atom stereocenters. The van der Waals surface area contributed by atoms with E-state index in [4.69, 9.17) is 0 Å². The van der Waals surface area contributed by atoms with Crippen molar-refractivity contribution >= 4 is 26.0 Å². The Bertz CT molecular complexity index is 659. The fourth-order valence-electron chi connectivity index (χ4n) is 2.00. The monoisotopic (exact) mass is 393 g/mol. The van der Waals surface area contributed by atoms with Crippen molar-refractivity contribution in [2.45, 2.75) is 23.4 Å². The molecule has 1 heterocycles. The Kier molecular flexibility index (Phi) is 4.09. The molecular formula is C11H9BrF5NO2S. The van der Waals surface area contributed by atoms with Crippen LogP contribution >= 0.6 is 15.9 Å². The summed E-state index contributed by atoms with van der Waals surface area (Å²) in [7, 11) is -4.63. The van der Waals surface area contributed by atoms with E-state index >= 15 is 0 Å². The summed E-state index contributed by atoms with van der Waals surface area (Å²) >= 11 is 2.83. The standard InChI is InChI=1S/C11H9BrF5NO2S/c12-7-1-2-9(8(5-7)11(15,16)17)21(19,20)18-4-3-10(13,14)6-18/h1-2,5H,3-4,6H2. The van der Waals surface area contributed by atoms with Crippen LogP contribution in [0.25, 0.3) is 0 Å². The summed E-state index contributed by atoms with van der Waals surface area (Å²) in [5.41, 5.74) is -1.38. The molecule has 0 N–H and O–H groups in total. The van der Waals surface area contributed by atoms with Gasteiger partial charge in [-0.25, -0.2) is 17.2 Å². The van der Waals surface area contributed by atoms with Crippen LogP contribution in [0.5, 0.6) is 0 Å². The van der Waals surface area contributed by atoms with Crippen molar-refractivity contribution in [3.63, 3.8) is 0 Å². The summed E-state index contributed by atoms with van der Waals surface area (Å²) < 4.78 is 89.8. The van der Waals surface area contributed by atoms with E-state index in [2.05, 4.69) is 15.9 Å². The highest BCUT2D eigenvalue weighted by atomic mass is 79.9. The van der Waals surface area contributed by atoms with Gasteiger partial charge in [-0.1, -0.05) is 15.9 Å². The lowest BCUT2D eigenvalue weighted by molar-refractivity contribution is -0.140. The lowest BCUT2D eigenvalue weighted by Crippen LogP contribution is -2.32. The fourth-order valence-corrected chi connectivity index (χ4v) is 4.02. The summed E-state index contributed by atoms with van der Waals surface area (Å²) in [5.74, 6) is -3.22. The van der Waals surface area contributed by atoms with E-state index in [-0.39, 0.29) is 4.47 Å². The van der Waals surface area contributed by atoms with Crippen molar-refractivity contribution in [1.29, 1.82) is 0 Å². The van der Waals surface area contributed by atoms with E-state index in [0.717, 1.165) is 12.1 Å². The van der Waals surface area contributed by atoms with Crippen LogP contribution in [-0.4, -0.2) is 31.7 Å². The van der Waals surface area contributed by atoms with E-state index in [9.17, 15) is 30.4 Å². The number of nitrogens with zero attached hydrogens (tertiary/aromatic N) is 1. The molecule has 1 saturated heterocycles. The molecule has 0 amide bonds. The van der Waals surface area contributed by atoms with Gasteiger partial charge >= 0.3 is 6.18 Å². The molecule has 0 aromatic heterocycles. The first-order valence-electron chi connectivity index (χ1n) is 5.68. The minimum atomic E-state index is -4.91. The second kappa shape index (κ2) is 5.17. The molecule has 0 aliphatic carbocycles.